The zero-order chi connectivity index (χ0) is 32.7. The molecule has 4 aromatic rings. The zero-order valence-electron chi connectivity index (χ0n) is 26.9. The molecule has 2 amide bonds. The van der Waals surface area contributed by atoms with Gasteiger partial charge in [0.15, 0.2) is 6.73 Å². The fourth-order valence-corrected chi connectivity index (χ4v) is 6.79. The van der Waals surface area contributed by atoms with E-state index in [1.807, 2.05) is 64.1 Å². The minimum Gasteiger partial charge on any atom is -0.441 e. The number of carbonyl (C=O) groups excluding carboxylic acids is 3. The first-order valence-corrected chi connectivity index (χ1v) is 15.7. The molecule has 2 aliphatic rings. The second-order valence-corrected chi connectivity index (χ2v) is 13.0. The topological polar surface area (TPSA) is 146 Å². The van der Waals surface area contributed by atoms with Crippen LogP contribution in [0.25, 0.3) is 11.1 Å². The lowest BCUT2D eigenvalue weighted by molar-refractivity contribution is -0.150. The van der Waals surface area contributed by atoms with Crippen LogP contribution in [-0.2, 0) is 34.5 Å². The SMILES string of the molecule is Cc1nn(COC(=O)[C@@H](N)C(C)C)c(C)c1-c1ccc(NC(=O)[C@@H](NC(=O)c2ccnn2C)C2c3ccccc3CC23CC3)cc1. The Bertz CT molecular complexity index is 1780. The summed E-state index contributed by atoms with van der Waals surface area (Å²) in [6.45, 7) is 7.53. The molecule has 2 heterocycles. The summed E-state index contributed by atoms with van der Waals surface area (Å²) in [7, 11) is 1.71. The summed E-state index contributed by atoms with van der Waals surface area (Å²) in [6.07, 6.45) is 4.51. The number of ether oxygens (including phenoxy) is 1. The van der Waals surface area contributed by atoms with E-state index in [1.54, 1.807) is 24.0 Å². The number of benzene rings is 2. The van der Waals surface area contributed by atoms with Crippen molar-refractivity contribution in [1.29, 1.82) is 0 Å². The number of rotatable bonds is 10. The van der Waals surface area contributed by atoms with Crippen molar-refractivity contribution in [2.75, 3.05) is 5.32 Å². The Morgan fingerprint density at radius 2 is 1.78 bits per heavy atom. The zero-order valence-corrected chi connectivity index (χ0v) is 26.9. The average molecular weight is 624 g/mol. The van der Waals surface area contributed by atoms with E-state index >= 15 is 0 Å². The molecule has 11 heteroatoms. The number of nitrogens with two attached hydrogens (primary N) is 1. The molecule has 3 atom stereocenters. The van der Waals surface area contributed by atoms with Gasteiger partial charge in [0, 0.05) is 36.1 Å². The Morgan fingerprint density at radius 3 is 2.43 bits per heavy atom. The van der Waals surface area contributed by atoms with Crippen LogP contribution in [0, 0.1) is 25.2 Å². The van der Waals surface area contributed by atoms with Crippen molar-refractivity contribution in [2.24, 2.45) is 24.1 Å². The van der Waals surface area contributed by atoms with Crippen LogP contribution in [0.1, 0.15) is 65.6 Å². The number of fused-ring (bicyclic) bond motifs is 1. The first-order valence-electron chi connectivity index (χ1n) is 15.7. The predicted molar refractivity (Wildman–Crippen MR) is 174 cm³/mol. The third kappa shape index (κ3) is 5.82. The normalized spacial score (nSPS) is 17.4. The molecule has 0 radical (unpaired) electrons. The van der Waals surface area contributed by atoms with E-state index < -0.39 is 18.1 Å². The maximum absolute atomic E-state index is 14.1. The van der Waals surface area contributed by atoms with Crippen LogP contribution in [0.2, 0.25) is 0 Å². The van der Waals surface area contributed by atoms with Crippen LogP contribution in [-0.4, -0.2) is 49.4 Å². The fraction of sp³-hybridized carbons (Fsp3) is 0.400. The molecule has 46 heavy (non-hydrogen) atoms. The third-order valence-corrected chi connectivity index (χ3v) is 9.58. The fourth-order valence-electron chi connectivity index (χ4n) is 6.79. The van der Waals surface area contributed by atoms with Crippen LogP contribution >= 0.6 is 0 Å². The van der Waals surface area contributed by atoms with E-state index in [4.69, 9.17) is 10.5 Å². The molecule has 2 aliphatic carbocycles. The Labute approximate surface area is 268 Å². The molecule has 240 valence electrons. The number of hydrogen-bond acceptors (Lipinski definition) is 7. The van der Waals surface area contributed by atoms with Crippen molar-refractivity contribution >= 4 is 23.5 Å². The van der Waals surface area contributed by atoms with Crippen LogP contribution in [0.3, 0.4) is 0 Å². The summed E-state index contributed by atoms with van der Waals surface area (Å²) >= 11 is 0. The highest BCUT2D eigenvalue weighted by Gasteiger charge is 2.58. The van der Waals surface area contributed by atoms with Crippen molar-refractivity contribution in [1.82, 2.24) is 24.9 Å². The van der Waals surface area contributed by atoms with Crippen LogP contribution in [0.4, 0.5) is 5.69 Å². The lowest BCUT2D eigenvalue weighted by Crippen LogP contribution is -2.49. The Kier molecular flexibility index (Phi) is 8.28. The molecule has 0 saturated heterocycles. The first kappa shape index (κ1) is 31.2. The van der Waals surface area contributed by atoms with Crippen LogP contribution in [0.15, 0.2) is 60.8 Å². The van der Waals surface area contributed by atoms with Crippen molar-refractivity contribution in [2.45, 2.75) is 71.7 Å². The molecule has 1 unspecified atom stereocenters. The molecule has 4 N–H and O–H groups in total. The number of amides is 2. The molecular formula is C35H41N7O4. The van der Waals surface area contributed by atoms with Gasteiger partial charge in [-0.2, -0.15) is 10.2 Å². The van der Waals surface area contributed by atoms with Gasteiger partial charge in [-0.25, -0.2) is 4.68 Å². The van der Waals surface area contributed by atoms with Gasteiger partial charge < -0.3 is 21.1 Å². The van der Waals surface area contributed by atoms with Gasteiger partial charge in [-0.1, -0.05) is 50.2 Å². The van der Waals surface area contributed by atoms with E-state index in [9.17, 15) is 14.4 Å². The summed E-state index contributed by atoms with van der Waals surface area (Å²) in [5.74, 6) is -1.24. The van der Waals surface area contributed by atoms with E-state index in [1.165, 1.54) is 10.2 Å². The highest BCUT2D eigenvalue weighted by molar-refractivity contribution is 6.01. The molecule has 0 bridgehead atoms. The van der Waals surface area contributed by atoms with E-state index in [0.717, 1.165) is 47.3 Å². The average Bonchev–Trinajstić information content (AvgIpc) is 3.39. The van der Waals surface area contributed by atoms with Crippen molar-refractivity contribution < 1.29 is 19.1 Å². The first-order chi connectivity index (χ1) is 22.0. The van der Waals surface area contributed by atoms with E-state index in [0.29, 0.717) is 11.4 Å². The predicted octanol–water partition coefficient (Wildman–Crippen LogP) is 4.24. The van der Waals surface area contributed by atoms with Gasteiger partial charge in [0.1, 0.15) is 17.8 Å². The molecule has 2 aromatic heterocycles. The van der Waals surface area contributed by atoms with Gasteiger partial charge in [-0.3, -0.25) is 19.1 Å². The van der Waals surface area contributed by atoms with Gasteiger partial charge in [0.2, 0.25) is 5.91 Å². The number of nitrogens with zero attached hydrogens (tertiary/aromatic N) is 4. The number of aryl methyl sites for hydroxylation is 2. The monoisotopic (exact) mass is 623 g/mol. The maximum atomic E-state index is 14.1. The van der Waals surface area contributed by atoms with E-state index in [2.05, 4.69) is 33.0 Å². The molecule has 1 saturated carbocycles. The van der Waals surface area contributed by atoms with E-state index in [-0.39, 0.29) is 35.8 Å². The highest BCUT2D eigenvalue weighted by atomic mass is 16.5. The lowest BCUT2D eigenvalue weighted by Gasteiger charge is -2.29. The standard InChI is InChI=1S/C35H41N7O4/c1-20(2)30(36)34(45)46-19-42-22(4)28(21(3)40-42)23-10-12-25(13-11-23)38-33(44)31(39-32(43)27-14-17-37-41(27)5)29-26-9-7-6-8-24(26)18-35(29)15-16-35/h6-14,17,20,29-31H,15-16,18-19,36H2,1-5H3,(H,38,44)(H,39,43)/t29?,30-,31-/m0/s1. The van der Waals surface area contributed by atoms with Crippen LogP contribution in [0.5, 0.6) is 0 Å². The largest absolute Gasteiger partial charge is 0.441 e. The molecule has 11 nitrogen and oxygen atoms in total. The molecule has 0 aliphatic heterocycles. The smallest absolute Gasteiger partial charge is 0.324 e. The summed E-state index contributed by atoms with van der Waals surface area (Å²) in [5, 5.41) is 14.9. The van der Waals surface area contributed by atoms with Crippen molar-refractivity contribution in [3.05, 3.63) is 89.0 Å². The minimum absolute atomic E-state index is 0.0288. The quantitative estimate of drug-likeness (QED) is 0.224. The van der Waals surface area contributed by atoms with Gasteiger partial charge in [-0.15, -0.1) is 0 Å². The van der Waals surface area contributed by atoms with Crippen molar-refractivity contribution in [3.63, 3.8) is 0 Å². The Morgan fingerprint density at radius 1 is 1.07 bits per heavy atom. The Balaban J connectivity index is 1.22. The molecule has 2 aromatic carbocycles. The lowest BCUT2D eigenvalue weighted by atomic mass is 9.82. The maximum Gasteiger partial charge on any atom is 0.324 e. The minimum atomic E-state index is -0.775. The number of carbonyl (C=O) groups is 3. The van der Waals surface area contributed by atoms with Crippen LogP contribution < -0.4 is 16.4 Å². The van der Waals surface area contributed by atoms with Crippen molar-refractivity contribution in [3.8, 4) is 11.1 Å². The molecule has 1 fully saturated rings. The number of nitrogens with one attached hydrogen (secondary N) is 2. The number of anilines is 1. The Hall–Kier alpha value is -4.77. The molecular weight excluding hydrogens is 582 g/mol. The second kappa shape index (κ2) is 12.2. The third-order valence-electron chi connectivity index (χ3n) is 9.58. The molecule has 1 spiro atoms. The van der Waals surface area contributed by atoms with Gasteiger partial charge in [-0.05, 0) is 79.3 Å². The highest BCUT2D eigenvalue weighted by Crippen LogP contribution is 2.64. The second-order valence-electron chi connectivity index (χ2n) is 13.0. The summed E-state index contributed by atoms with van der Waals surface area (Å²) < 4.78 is 8.57. The van der Waals surface area contributed by atoms with Gasteiger partial charge in [0.05, 0.1) is 5.69 Å². The summed E-state index contributed by atoms with van der Waals surface area (Å²) in [5.41, 5.74) is 12.7. The van der Waals surface area contributed by atoms with Gasteiger partial charge in [0.25, 0.3) is 5.91 Å². The van der Waals surface area contributed by atoms with Gasteiger partial charge >= 0.3 is 5.97 Å². The number of hydrogen-bond donors (Lipinski definition) is 3. The number of esters is 1. The molecule has 6 rings (SSSR count). The number of aromatic nitrogens is 4. The summed E-state index contributed by atoms with van der Waals surface area (Å²) in [4.78, 5) is 39.8. The summed E-state index contributed by atoms with van der Waals surface area (Å²) in [6, 6.07) is 16.0.